The minimum absolute atomic E-state index is 0.0165. The van der Waals surface area contributed by atoms with Gasteiger partial charge in [0.1, 0.15) is 29.5 Å². The largest absolute Gasteiger partial charge is 0.497 e. The van der Waals surface area contributed by atoms with E-state index in [9.17, 15) is 9.59 Å². The number of likely N-dealkylation sites (tertiary alicyclic amines) is 1. The molecule has 1 aromatic heterocycles. The fourth-order valence-corrected chi connectivity index (χ4v) is 4.77. The van der Waals surface area contributed by atoms with Crippen LogP contribution in [0.1, 0.15) is 45.4 Å². The van der Waals surface area contributed by atoms with Crippen molar-refractivity contribution in [3.63, 3.8) is 0 Å². The van der Waals surface area contributed by atoms with E-state index in [2.05, 4.69) is 0 Å². The molecule has 0 N–H and O–H groups in total. The van der Waals surface area contributed by atoms with Crippen LogP contribution >= 0.6 is 0 Å². The van der Waals surface area contributed by atoms with Crippen LogP contribution in [0.15, 0.2) is 48.5 Å². The van der Waals surface area contributed by atoms with Crippen molar-refractivity contribution in [2.75, 3.05) is 34.4 Å². The van der Waals surface area contributed by atoms with Crippen LogP contribution in [0.3, 0.4) is 0 Å². The Hall–Kier alpha value is -4.01. The summed E-state index contributed by atoms with van der Waals surface area (Å²) in [4.78, 5) is 32.2. The zero-order chi connectivity index (χ0) is 28.2. The summed E-state index contributed by atoms with van der Waals surface area (Å²) in [6, 6.07) is 15.4. The third-order valence-electron chi connectivity index (χ3n) is 6.75. The van der Waals surface area contributed by atoms with Crippen LogP contribution in [0, 0.1) is 0 Å². The van der Waals surface area contributed by atoms with Crippen LogP contribution in [-0.2, 0) is 20.8 Å². The van der Waals surface area contributed by atoms with Crippen molar-refractivity contribution in [1.29, 1.82) is 0 Å². The first-order valence-electron chi connectivity index (χ1n) is 13.1. The number of hydrogen-bond acceptors (Lipinski definition) is 7. The van der Waals surface area contributed by atoms with Gasteiger partial charge < -0.3 is 28.4 Å². The Labute approximate surface area is 229 Å². The van der Waals surface area contributed by atoms with Crippen LogP contribution in [0.4, 0.5) is 4.79 Å². The zero-order valence-electron chi connectivity index (χ0n) is 23.5. The van der Waals surface area contributed by atoms with E-state index in [1.165, 1.54) is 7.11 Å². The third kappa shape index (κ3) is 6.53. The number of amides is 1. The standard InChI is InChI=1S/C30H37N3O6/c1-30(2,3)39-29(35)32-17-15-22(16-18-32)28-31-26(20-7-11-23(36-4)12-8-20)27(33(28)19-25(34)38-6)21-9-13-24(37-5)14-10-21/h7-14,22H,15-19H2,1-6H3. The lowest BCUT2D eigenvalue weighted by atomic mass is 9.96. The number of hydrogen-bond donors (Lipinski definition) is 0. The molecule has 0 atom stereocenters. The molecule has 4 rings (SSSR count). The molecular weight excluding hydrogens is 498 g/mol. The van der Waals surface area contributed by atoms with E-state index in [0.29, 0.717) is 25.9 Å². The maximum Gasteiger partial charge on any atom is 0.410 e. The number of aromatic nitrogens is 2. The number of ether oxygens (including phenoxy) is 4. The molecule has 1 fully saturated rings. The Morgan fingerprint density at radius 3 is 1.90 bits per heavy atom. The molecule has 1 saturated heterocycles. The maximum atomic E-state index is 12.6. The van der Waals surface area contributed by atoms with Crippen molar-refractivity contribution in [1.82, 2.24) is 14.5 Å². The summed E-state index contributed by atoms with van der Waals surface area (Å²) in [7, 11) is 4.64. The Bertz CT molecular complexity index is 1280. The van der Waals surface area contributed by atoms with E-state index in [4.69, 9.17) is 23.9 Å². The molecule has 2 aromatic carbocycles. The highest BCUT2D eigenvalue weighted by molar-refractivity contribution is 5.81. The van der Waals surface area contributed by atoms with E-state index < -0.39 is 5.60 Å². The highest BCUT2D eigenvalue weighted by atomic mass is 16.6. The van der Waals surface area contributed by atoms with E-state index in [1.54, 1.807) is 19.1 Å². The molecule has 0 spiro atoms. The highest BCUT2D eigenvalue weighted by Crippen LogP contribution is 2.39. The van der Waals surface area contributed by atoms with Crippen molar-refractivity contribution < 1.29 is 28.5 Å². The van der Waals surface area contributed by atoms with Gasteiger partial charge in [0.25, 0.3) is 0 Å². The quantitative estimate of drug-likeness (QED) is 0.368. The van der Waals surface area contributed by atoms with Gasteiger partial charge in [-0.1, -0.05) is 0 Å². The van der Waals surface area contributed by atoms with Crippen LogP contribution in [0.2, 0.25) is 0 Å². The third-order valence-corrected chi connectivity index (χ3v) is 6.75. The monoisotopic (exact) mass is 535 g/mol. The van der Waals surface area contributed by atoms with Crippen molar-refractivity contribution in [2.45, 2.75) is 51.7 Å². The van der Waals surface area contributed by atoms with Gasteiger partial charge >= 0.3 is 12.1 Å². The Morgan fingerprint density at radius 2 is 1.41 bits per heavy atom. The number of methoxy groups -OCH3 is 3. The number of piperidine rings is 1. The summed E-state index contributed by atoms with van der Waals surface area (Å²) in [5, 5.41) is 0. The summed E-state index contributed by atoms with van der Waals surface area (Å²) in [5.74, 6) is 1.95. The van der Waals surface area contributed by atoms with Crippen LogP contribution in [0.5, 0.6) is 11.5 Å². The summed E-state index contributed by atoms with van der Waals surface area (Å²) < 4.78 is 23.3. The van der Waals surface area contributed by atoms with Gasteiger partial charge in [0.15, 0.2) is 0 Å². The molecule has 0 saturated carbocycles. The van der Waals surface area contributed by atoms with Gasteiger partial charge in [-0.15, -0.1) is 0 Å². The fourth-order valence-electron chi connectivity index (χ4n) is 4.77. The molecule has 1 aliphatic rings. The zero-order valence-corrected chi connectivity index (χ0v) is 23.5. The molecule has 9 nitrogen and oxygen atoms in total. The molecule has 1 amide bonds. The first kappa shape index (κ1) is 28.0. The smallest absolute Gasteiger partial charge is 0.410 e. The van der Waals surface area contributed by atoms with Crippen LogP contribution in [-0.4, -0.2) is 66.5 Å². The van der Waals surface area contributed by atoms with Gasteiger partial charge in [0.05, 0.1) is 32.7 Å². The van der Waals surface area contributed by atoms with Gasteiger partial charge in [-0.25, -0.2) is 9.78 Å². The number of esters is 1. The molecule has 39 heavy (non-hydrogen) atoms. The van der Waals surface area contributed by atoms with E-state index >= 15 is 0 Å². The fraction of sp³-hybridized carbons (Fsp3) is 0.433. The molecule has 0 bridgehead atoms. The molecule has 0 radical (unpaired) electrons. The molecule has 2 heterocycles. The van der Waals surface area contributed by atoms with Crippen LogP contribution < -0.4 is 9.47 Å². The number of rotatable bonds is 7. The SMILES string of the molecule is COC(=O)Cn1c(C2CCN(C(=O)OC(C)(C)C)CC2)nc(-c2ccc(OC)cc2)c1-c1ccc(OC)cc1. The second-order valence-corrected chi connectivity index (χ2v) is 10.5. The molecule has 0 aliphatic carbocycles. The number of nitrogens with zero attached hydrogens (tertiary/aromatic N) is 3. The summed E-state index contributed by atoms with van der Waals surface area (Å²) in [6.07, 6.45) is 1.08. The Balaban J connectivity index is 1.77. The van der Waals surface area contributed by atoms with Gasteiger partial charge in [-0.2, -0.15) is 0 Å². The minimum Gasteiger partial charge on any atom is -0.497 e. The average Bonchev–Trinajstić information content (AvgIpc) is 3.31. The lowest BCUT2D eigenvalue weighted by Crippen LogP contribution is -2.41. The lowest BCUT2D eigenvalue weighted by Gasteiger charge is -2.33. The molecule has 1 aliphatic heterocycles. The van der Waals surface area contributed by atoms with Gasteiger partial charge in [-0.3, -0.25) is 4.79 Å². The van der Waals surface area contributed by atoms with Crippen LogP contribution in [0.25, 0.3) is 22.5 Å². The second kappa shape index (κ2) is 11.8. The molecule has 3 aromatic rings. The molecule has 0 unspecified atom stereocenters. The average molecular weight is 536 g/mol. The Kier molecular flexibility index (Phi) is 8.47. The van der Waals surface area contributed by atoms with Crippen molar-refractivity contribution in [3.05, 3.63) is 54.4 Å². The first-order chi connectivity index (χ1) is 18.6. The molecular formula is C30H37N3O6. The first-order valence-corrected chi connectivity index (χ1v) is 13.1. The lowest BCUT2D eigenvalue weighted by molar-refractivity contribution is -0.141. The van der Waals surface area contributed by atoms with E-state index in [0.717, 1.165) is 39.8 Å². The number of carbonyl (C=O) groups excluding carboxylic acids is 2. The van der Waals surface area contributed by atoms with E-state index in [1.807, 2.05) is 73.9 Å². The number of benzene rings is 2. The minimum atomic E-state index is -0.550. The topological polar surface area (TPSA) is 92.1 Å². The predicted molar refractivity (Wildman–Crippen MR) is 148 cm³/mol. The normalized spacial score (nSPS) is 14.2. The van der Waals surface area contributed by atoms with Crippen molar-refractivity contribution in [3.8, 4) is 34.0 Å². The number of carbonyl (C=O) groups is 2. The van der Waals surface area contributed by atoms with E-state index in [-0.39, 0.29) is 24.5 Å². The summed E-state index contributed by atoms with van der Waals surface area (Å²) in [6.45, 7) is 6.69. The Morgan fingerprint density at radius 1 is 0.872 bits per heavy atom. The van der Waals surface area contributed by atoms with Crippen molar-refractivity contribution in [2.24, 2.45) is 0 Å². The van der Waals surface area contributed by atoms with Gasteiger partial charge in [0, 0.05) is 30.1 Å². The van der Waals surface area contributed by atoms with Crippen molar-refractivity contribution >= 4 is 12.1 Å². The molecule has 9 heteroatoms. The maximum absolute atomic E-state index is 12.6. The van der Waals surface area contributed by atoms with Gasteiger partial charge in [-0.05, 0) is 82.1 Å². The summed E-state index contributed by atoms with van der Waals surface area (Å²) >= 11 is 0. The molecule has 208 valence electrons. The predicted octanol–water partition coefficient (Wildman–Crippen LogP) is 5.52. The highest BCUT2D eigenvalue weighted by Gasteiger charge is 2.32. The number of imidazole rings is 1. The summed E-state index contributed by atoms with van der Waals surface area (Å²) in [5.41, 5.74) is 2.83. The van der Waals surface area contributed by atoms with Gasteiger partial charge in [0.2, 0.25) is 0 Å². The second-order valence-electron chi connectivity index (χ2n) is 10.5.